The van der Waals surface area contributed by atoms with Gasteiger partial charge in [0.05, 0.1) is 23.6 Å². The van der Waals surface area contributed by atoms with Crippen molar-refractivity contribution in [3.8, 4) is 5.75 Å². The molecule has 1 saturated heterocycles. The van der Waals surface area contributed by atoms with E-state index >= 15 is 0 Å². The SMILES string of the molecule is CC(C)Oc1ccc(N(C)S(C)(=O)=O)cc1CC1(c2ccccc2)CCCCN1N. The second-order valence-electron chi connectivity index (χ2n) is 8.41. The molecule has 0 spiro atoms. The number of hydrogen-bond donors (Lipinski definition) is 1. The van der Waals surface area contributed by atoms with Crippen molar-refractivity contribution in [3.05, 3.63) is 59.7 Å². The van der Waals surface area contributed by atoms with Crippen LogP contribution in [0.1, 0.15) is 44.2 Å². The van der Waals surface area contributed by atoms with E-state index in [4.69, 9.17) is 10.6 Å². The van der Waals surface area contributed by atoms with Gasteiger partial charge >= 0.3 is 0 Å². The van der Waals surface area contributed by atoms with E-state index in [9.17, 15) is 8.42 Å². The highest BCUT2D eigenvalue weighted by Gasteiger charge is 2.40. The first kappa shape index (κ1) is 22.6. The quantitative estimate of drug-likeness (QED) is 0.677. The summed E-state index contributed by atoms with van der Waals surface area (Å²) in [7, 11) is -1.79. The van der Waals surface area contributed by atoms with Crippen molar-refractivity contribution >= 4 is 15.7 Å². The molecule has 2 aromatic rings. The third-order valence-corrected chi connectivity index (χ3v) is 7.06. The van der Waals surface area contributed by atoms with Gasteiger partial charge in [-0.2, -0.15) is 0 Å². The number of piperidine rings is 1. The predicted molar refractivity (Wildman–Crippen MR) is 122 cm³/mol. The fraction of sp³-hybridized carbons (Fsp3) is 0.478. The lowest BCUT2D eigenvalue weighted by molar-refractivity contribution is 0.0417. The molecular weight excluding hydrogens is 398 g/mol. The van der Waals surface area contributed by atoms with Gasteiger partial charge in [0, 0.05) is 13.6 Å². The lowest BCUT2D eigenvalue weighted by atomic mass is 9.77. The minimum absolute atomic E-state index is 0.00949. The second kappa shape index (κ2) is 8.96. The van der Waals surface area contributed by atoms with Gasteiger partial charge in [-0.25, -0.2) is 13.4 Å². The molecule has 2 aromatic carbocycles. The van der Waals surface area contributed by atoms with Crippen LogP contribution in [-0.2, 0) is 22.0 Å². The molecule has 0 bridgehead atoms. The van der Waals surface area contributed by atoms with Crippen molar-refractivity contribution in [2.75, 3.05) is 24.2 Å². The standard InChI is InChI=1S/C23H33N3O3S/c1-18(2)29-22-13-12-21(25(3)30(4,27)28)16-19(22)17-23(14-8-9-15-26(23)24)20-10-6-5-7-11-20/h5-7,10-13,16,18H,8-9,14-15,17,24H2,1-4H3. The van der Waals surface area contributed by atoms with Crippen LogP contribution >= 0.6 is 0 Å². The molecule has 1 aliphatic heterocycles. The molecule has 1 heterocycles. The van der Waals surface area contributed by atoms with Crippen molar-refractivity contribution in [2.45, 2.75) is 51.2 Å². The van der Waals surface area contributed by atoms with E-state index in [0.29, 0.717) is 12.1 Å². The third kappa shape index (κ3) is 4.79. The molecule has 1 aliphatic rings. The zero-order valence-corrected chi connectivity index (χ0v) is 19.2. The van der Waals surface area contributed by atoms with E-state index in [1.165, 1.54) is 16.1 Å². The fourth-order valence-corrected chi connectivity index (χ4v) is 4.68. The first-order valence-electron chi connectivity index (χ1n) is 10.4. The van der Waals surface area contributed by atoms with Gasteiger partial charge in [0.25, 0.3) is 0 Å². The second-order valence-corrected chi connectivity index (χ2v) is 10.4. The normalized spacial score (nSPS) is 20.3. The summed E-state index contributed by atoms with van der Waals surface area (Å²) in [5.74, 6) is 7.37. The van der Waals surface area contributed by atoms with Crippen LogP contribution < -0.4 is 14.9 Å². The Morgan fingerprint density at radius 2 is 1.87 bits per heavy atom. The van der Waals surface area contributed by atoms with Crippen molar-refractivity contribution in [1.82, 2.24) is 5.01 Å². The molecular formula is C23H33N3O3S. The first-order chi connectivity index (χ1) is 14.1. The zero-order valence-electron chi connectivity index (χ0n) is 18.3. The van der Waals surface area contributed by atoms with Gasteiger partial charge in [-0.15, -0.1) is 0 Å². The summed E-state index contributed by atoms with van der Waals surface area (Å²) in [6.45, 7) is 4.80. The number of benzene rings is 2. The van der Waals surface area contributed by atoms with E-state index in [0.717, 1.165) is 37.1 Å². The lowest BCUT2D eigenvalue weighted by Gasteiger charge is -2.45. The summed E-state index contributed by atoms with van der Waals surface area (Å²) >= 11 is 0. The molecule has 6 nitrogen and oxygen atoms in total. The average molecular weight is 432 g/mol. The van der Waals surface area contributed by atoms with Gasteiger partial charge in [-0.1, -0.05) is 30.3 Å². The Morgan fingerprint density at radius 1 is 1.17 bits per heavy atom. The molecule has 1 unspecified atom stereocenters. The fourth-order valence-electron chi connectivity index (χ4n) is 4.18. The van der Waals surface area contributed by atoms with Crippen molar-refractivity contribution in [1.29, 1.82) is 0 Å². The summed E-state index contributed by atoms with van der Waals surface area (Å²) in [5.41, 5.74) is 2.38. The highest BCUT2D eigenvalue weighted by Crippen LogP contribution is 2.41. The predicted octanol–water partition coefficient (Wildman–Crippen LogP) is 3.67. The smallest absolute Gasteiger partial charge is 0.231 e. The minimum Gasteiger partial charge on any atom is -0.491 e. The van der Waals surface area contributed by atoms with E-state index in [1.807, 2.05) is 49.2 Å². The summed E-state index contributed by atoms with van der Waals surface area (Å²) in [6.07, 6.45) is 4.94. The van der Waals surface area contributed by atoms with Gasteiger partial charge in [0.15, 0.2) is 0 Å². The summed E-state index contributed by atoms with van der Waals surface area (Å²) in [5, 5.41) is 1.96. The van der Waals surface area contributed by atoms with E-state index in [-0.39, 0.29) is 11.6 Å². The highest BCUT2D eigenvalue weighted by atomic mass is 32.2. The number of rotatable bonds is 7. The monoisotopic (exact) mass is 431 g/mol. The maximum Gasteiger partial charge on any atom is 0.231 e. The number of hydrazine groups is 1. The van der Waals surface area contributed by atoms with Gasteiger partial charge in [-0.05, 0) is 68.9 Å². The Morgan fingerprint density at radius 3 is 2.47 bits per heavy atom. The number of nitrogens with two attached hydrogens (primary N) is 1. The molecule has 2 N–H and O–H groups in total. The van der Waals surface area contributed by atoms with E-state index in [2.05, 4.69) is 12.1 Å². The van der Waals surface area contributed by atoms with Crippen molar-refractivity contribution in [2.24, 2.45) is 5.84 Å². The number of hydrogen-bond acceptors (Lipinski definition) is 5. The molecule has 30 heavy (non-hydrogen) atoms. The number of nitrogens with zero attached hydrogens (tertiary/aromatic N) is 2. The van der Waals surface area contributed by atoms with Gasteiger partial charge in [0.2, 0.25) is 10.0 Å². The molecule has 0 amide bonds. The van der Waals surface area contributed by atoms with Crippen LogP contribution in [0.3, 0.4) is 0 Å². The lowest BCUT2D eigenvalue weighted by Crippen LogP contribution is -2.54. The molecule has 0 radical (unpaired) electrons. The van der Waals surface area contributed by atoms with Crippen LogP contribution in [0.4, 0.5) is 5.69 Å². The molecule has 0 aromatic heterocycles. The highest BCUT2D eigenvalue weighted by molar-refractivity contribution is 7.92. The zero-order chi connectivity index (χ0) is 21.9. The Labute approximate surface area is 180 Å². The topological polar surface area (TPSA) is 75.9 Å². The molecule has 7 heteroatoms. The maximum absolute atomic E-state index is 12.1. The van der Waals surface area contributed by atoms with Crippen molar-refractivity contribution in [3.63, 3.8) is 0 Å². The van der Waals surface area contributed by atoms with Crippen LogP contribution in [0.5, 0.6) is 5.75 Å². The molecule has 164 valence electrons. The molecule has 0 aliphatic carbocycles. The average Bonchev–Trinajstić information content (AvgIpc) is 2.70. The summed E-state index contributed by atoms with van der Waals surface area (Å²) in [6, 6.07) is 15.9. The minimum atomic E-state index is -3.36. The van der Waals surface area contributed by atoms with Gasteiger partial charge < -0.3 is 4.74 Å². The molecule has 0 saturated carbocycles. The number of ether oxygens (including phenoxy) is 1. The van der Waals surface area contributed by atoms with Crippen LogP contribution in [0, 0.1) is 0 Å². The van der Waals surface area contributed by atoms with E-state index < -0.39 is 10.0 Å². The van der Waals surface area contributed by atoms with Gasteiger partial charge in [-0.3, -0.25) is 10.1 Å². The van der Waals surface area contributed by atoms with Crippen LogP contribution in [0.15, 0.2) is 48.5 Å². The molecule has 1 atom stereocenters. The van der Waals surface area contributed by atoms with Gasteiger partial charge in [0.1, 0.15) is 5.75 Å². The molecule has 3 rings (SSSR count). The number of anilines is 1. The Kier molecular flexibility index (Phi) is 6.75. The van der Waals surface area contributed by atoms with Crippen LogP contribution in [0.25, 0.3) is 0 Å². The number of sulfonamides is 1. The first-order valence-corrected chi connectivity index (χ1v) is 12.3. The molecule has 1 fully saturated rings. The summed E-state index contributed by atoms with van der Waals surface area (Å²) in [4.78, 5) is 0. The Bertz CT molecular complexity index is 963. The maximum atomic E-state index is 12.1. The van der Waals surface area contributed by atoms with Crippen LogP contribution in [-0.4, -0.2) is 39.4 Å². The Hall–Kier alpha value is -2.09. The van der Waals surface area contributed by atoms with Crippen LogP contribution in [0.2, 0.25) is 0 Å². The third-order valence-electron chi connectivity index (χ3n) is 5.85. The van der Waals surface area contributed by atoms with Crippen molar-refractivity contribution < 1.29 is 13.2 Å². The Balaban J connectivity index is 2.10. The summed E-state index contributed by atoms with van der Waals surface area (Å²) < 4.78 is 31.6. The largest absolute Gasteiger partial charge is 0.491 e. The van der Waals surface area contributed by atoms with E-state index in [1.54, 1.807) is 13.1 Å².